The van der Waals surface area contributed by atoms with Gasteiger partial charge in [0.05, 0.1) is 11.4 Å². The van der Waals surface area contributed by atoms with Gasteiger partial charge in [0, 0.05) is 23.5 Å². The van der Waals surface area contributed by atoms with Crippen molar-refractivity contribution >= 4 is 0 Å². The number of hydrogen-bond acceptors (Lipinski definition) is 3. The molecule has 0 unspecified atom stereocenters. The second kappa shape index (κ2) is 9.77. The van der Waals surface area contributed by atoms with Gasteiger partial charge in [-0.05, 0) is 69.8 Å². The summed E-state index contributed by atoms with van der Waals surface area (Å²) in [6.45, 7) is 0. The quantitative estimate of drug-likeness (QED) is 0.260. The molecule has 0 saturated carbocycles. The average Bonchev–Trinajstić information content (AvgIpc) is 2.98. The summed E-state index contributed by atoms with van der Waals surface area (Å²) in [5.74, 6) is 0. The zero-order chi connectivity index (χ0) is 24.2. The maximum Gasteiger partial charge on any atom is 0.116 e. The van der Waals surface area contributed by atoms with Gasteiger partial charge in [-0.2, -0.15) is 0 Å². The van der Waals surface area contributed by atoms with Crippen LogP contribution in [0.5, 0.6) is 0 Å². The highest BCUT2D eigenvalue weighted by atomic mass is 14.8. The van der Waals surface area contributed by atoms with Crippen molar-refractivity contribution in [2.45, 2.75) is 0 Å². The summed E-state index contributed by atoms with van der Waals surface area (Å²) in [4.78, 5) is 13.3. The highest BCUT2D eigenvalue weighted by molar-refractivity contribution is 5.81. The topological polar surface area (TPSA) is 38.7 Å². The molecule has 0 aliphatic rings. The van der Waals surface area contributed by atoms with Gasteiger partial charge in [0.15, 0.2) is 0 Å². The summed E-state index contributed by atoms with van der Waals surface area (Å²) >= 11 is 0. The summed E-state index contributed by atoms with van der Waals surface area (Å²) < 4.78 is 0. The molecule has 4 aromatic carbocycles. The lowest BCUT2D eigenvalue weighted by atomic mass is 9.94. The molecule has 170 valence electrons. The Bertz CT molecular complexity index is 1540. The minimum Gasteiger partial charge on any atom is -0.265 e. The Morgan fingerprint density at radius 2 is 0.778 bits per heavy atom. The van der Waals surface area contributed by atoms with Crippen LogP contribution in [0.2, 0.25) is 0 Å². The Labute approximate surface area is 210 Å². The second-order valence-corrected chi connectivity index (χ2v) is 8.63. The van der Waals surface area contributed by atoms with E-state index in [1.165, 1.54) is 11.1 Å². The van der Waals surface area contributed by atoms with Crippen molar-refractivity contribution in [1.29, 1.82) is 0 Å². The van der Waals surface area contributed by atoms with Crippen LogP contribution < -0.4 is 0 Å². The highest BCUT2D eigenvalue weighted by Crippen LogP contribution is 2.33. The molecule has 0 amide bonds. The van der Waals surface area contributed by atoms with E-state index in [0.29, 0.717) is 0 Å². The van der Waals surface area contributed by atoms with Gasteiger partial charge in [-0.15, -0.1) is 0 Å². The number of hydrogen-bond donors (Lipinski definition) is 0. The Morgan fingerprint density at radius 1 is 0.333 bits per heavy atom. The van der Waals surface area contributed by atoms with Crippen LogP contribution in [0.3, 0.4) is 0 Å². The van der Waals surface area contributed by atoms with E-state index in [-0.39, 0.29) is 0 Å². The van der Waals surface area contributed by atoms with Gasteiger partial charge in [-0.3, -0.25) is 4.98 Å². The van der Waals surface area contributed by atoms with E-state index in [1.807, 2.05) is 36.7 Å². The maximum atomic E-state index is 4.65. The molecule has 0 fully saturated rings. The van der Waals surface area contributed by atoms with Crippen LogP contribution in [0.25, 0.3) is 55.9 Å². The van der Waals surface area contributed by atoms with Crippen molar-refractivity contribution in [3.05, 3.63) is 140 Å². The molecular weight excluding hydrogens is 438 g/mol. The van der Waals surface area contributed by atoms with Gasteiger partial charge >= 0.3 is 0 Å². The summed E-state index contributed by atoms with van der Waals surface area (Å²) in [5, 5.41) is 0. The molecule has 2 aromatic heterocycles. The van der Waals surface area contributed by atoms with Crippen molar-refractivity contribution in [2.24, 2.45) is 0 Å². The van der Waals surface area contributed by atoms with Gasteiger partial charge in [-0.25, -0.2) is 9.97 Å². The van der Waals surface area contributed by atoms with E-state index < -0.39 is 0 Å². The zero-order valence-corrected chi connectivity index (χ0v) is 19.6. The lowest BCUT2D eigenvalue weighted by molar-refractivity contribution is 1.18. The second-order valence-electron chi connectivity index (χ2n) is 8.63. The molecule has 0 radical (unpaired) electrons. The average molecular weight is 462 g/mol. The number of pyridine rings is 1. The van der Waals surface area contributed by atoms with Crippen LogP contribution in [0.1, 0.15) is 0 Å². The van der Waals surface area contributed by atoms with E-state index in [1.54, 1.807) is 6.33 Å². The molecular formula is C33H23N3. The Hall–Kier alpha value is -4.89. The Kier molecular flexibility index (Phi) is 5.87. The van der Waals surface area contributed by atoms with Crippen molar-refractivity contribution in [2.75, 3.05) is 0 Å². The molecule has 3 nitrogen and oxygen atoms in total. The largest absolute Gasteiger partial charge is 0.265 e. The van der Waals surface area contributed by atoms with Crippen molar-refractivity contribution in [1.82, 2.24) is 15.0 Å². The first-order valence-corrected chi connectivity index (χ1v) is 11.9. The van der Waals surface area contributed by atoms with Gasteiger partial charge in [-0.1, -0.05) is 84.9 Å². The summed E-state index contributed by atoms with van der Waals surface area (Å²) in [7, 11) is 0. The third kappa shape index (κ3) is 4.55. The standard InChI is InChI=1S/C33H23N3/c1-3-7-24(8-4-1)29-19-30(25-9-5-2-6-10-25)21-31(20-29)33-22-32(35-23-36-33)28-13-11-26(12-14-28)27-15-17-34-18-16-27/h1-23H. The molecule has 0 aliphatic heterocycles. The normalized spacial score (nSPS) is 10.8. The summed E-state index contributed by atoms with van der Waals surface area (Å²) in [6, 6.07) is 42.2. The lowest BCUT2D eigenvalue weighted by Crippen LogP contribution is -1.91. The molecule has 0 aliphatic carbocycles. The fourth-order valence-corrected chi connectivity index (χ4v) is 4.42. The SMILES string of the molecule is c1ccc(-c2cc(-c3ccccc3)cc(-c3cc(-c4ccc(-c5ccncc5)cc4)ncn3)c2)cc1. The van der Waals surface area contributed by atoms with Crippen LogP contribution in [-0.4, -0.2) is 15.0 Å². The molecule has 0 N–H and O–H groups in total. The summed E-state index contributed by atoms with van der Waals surface area (Å²) in [5.41, 5.74) is 10.9. The van der Waals surface area contributed by atoms with Crippen molar-refractivity contribution in [3.63, 3.8) is 0 Å². The van der Waals surface area contributed by atoms with Crippen molar-refractivity contribution in [3.8, 4) is 55.9 Å². The molecule has 0 saturated heterocycles. The molecule has 36 heavy (non-hydrogen) atoms. The van der Waals surface area contributed by atoms with Gasteiger partial charge in [0.1, 0.15) is 6.33 Å². The number of nitrogens with zero attached hydrogens (tertiary/aromatic N) is 3. The molecule has 0 bridgehead atoms. The van der Waals surface area contributed by atoms with Crippen LogP contribution in [0.15, 0.2) is 140 Å². The molecule has 3 heteroatoms. The van der Waals surface area contributed by atoms with E-state index in [9.17, 15) is 0 Å². The van der Waals surface area contributed by atoms with Gasteiger partial charge in [0.2, 0.25) is 0 Å². The third-order valence-electron chi connectivity index (χ3n) is 6.30. The monoisotopic (exact) mass is 461 g/mol. The highest BCUT2D eigenvalue weighted by Gasteiger charge is 2.10. The summed E-state index contributed by atoms with van der Waals surface area (Å²) in [6.07, 6.45) is 5.28. The fraction of sp³-hybridized carbons (Fsp3) is 0. The molecule has 2 heterocycles. The van der Waals surface area contributed by atoms with Gasteiger partial charge in [0.25, 0.3) is 0 Å². The third-order valence-corrected chi connectivity index (χ3v) is 6.30. The number of aromatic nitrogens is 3. The molecule has 0 spiro atoms. The van der Waals surface area contributed by atoms with Crippen LogP contribution in [-0.2, 0) is 0 Å². The predicted octanol–water partition coefficient (Wildman–Crippen LogP) is 8.21. The first kappa shape index (κ1) is 21.6. The van der Waals surface area contributed by atoms with Crippen molar-refractivity contribution < 1.29 is 0 Å². The fourth-order valence-electron chi connectivity index (χ4n) is 4.42. The Morgan fingerprint density at radius 3 is 1.36 bits per heavy atom. The molecule has 6 aromatic rings. The number of benzene rings is 4. The Balaban J connectivity index is 1.41. The van der Waals surface area contributed by atoms with E-state index in [4.69, 9.17) is 0 Å². The first-order chi connectivity index (χ1) is 17.8. The van der Waals surface area contributed by atoms with Gasteiger partial charge < -0.3 is 0 Å². The molecule has 6 rings (SSSR count). The maximum absolute atomic E-state index is 4.65. The number of rotatable bonds is 5. The molecule has 0 atom stereocenters. The van der Waals surface area contributed by atoms with Crippen LogP contribution >= 0.6 is 0 Å². The zero-order valence-electron chi connectivity index (χ0n) is 19.6. The minimum absolute atomic E-state index is 0.896. The smallest absolute Gasteiger partial charge is 0.116 e. The minimum atomic E-state index is 0.896. The van der Waals surface area contributed by atoms with Crippen LogP contribution in [0.4, 0.5) is 0 Å². The van der Waals surface area contributed by atoms with E-state index >= 15 is 0 Å². The lowest BCUT2D eigenvalue weighted by Gasteiger charge is -2.11. The predicted molar refractivity (Wildman–Crippen MR) is 147 cm³/mol. The van der Waals surface area contributed by atoms with E-state index in [0.717, 1.165) is 44.8 Å². The van der Waals surface area contributed by atoms with E-state index in [2.05, 4.69) is 112 Å². The van der Waals surface area contributed by atoms with Crippen LogP contribution in [0, 0.1) is 0 Å². The first-order valence-electron chi connectivity index (χ1n) is 11.9.